The third kappa shape index (κ3) is 1.94. The van der Waals surface area contributed by atoms with Crippen molar-refractivity contribution >= 4 is 11.6 Å². The second-order valence-corrected chi connectivity index (χ2v) is 8.94. The highest BCUT2D eigenvalue weighted by atomic mass is 16.3. The number of Topliss-reactive ketones (excluding diaryl/α,β-unsaturated/α-hetero) is 1. The first-order chi connectivity index (χ1) is 11.3. The Morgan fingerprint density at radius 2 is 1.96 bits per heavy atom. The molecule has 130 valence electrons. The largest absolute Gasteiger partial charge is 0.392 e. The average molecular weight is 328 g/mol. The zero-order chi connectivity index (χ0) is 17.3. The van der Waals surface area contributed by atoms with E-state index < -0.39 is 6.10 Å². The van der Waals surface area contributed by atoms with E-state index in [1.54, 1.807) is 13.0 Å². The molecule has 1 N–H and O–H groups in total. The fourth-order valence-corrected chi connectivity index (χ4v) is 6.58. The summed E-state index contributed by atoms with van der Waals surface area (Å²) in [5, 5.41) is 10.8. The van der Waals surface area contributed by atoms with E-state index in [1.165, 1.54) is 5.57 Å². The Balaban J connectivity index is 1.76. The number of aliphatic hydroxyl groups excluding tert-OH is 1. The van der Waals surface area contributed by atoms with Crippen LogP contribution in [-0.2, 0) is 9.59 Å². The highest BCUT2D eigenvalue weighted by molar-refractivity contribution is 5.92. The summed E-state index contributed by atoms with van der Waals surface area (Å²) in [6.45, 7) is 6.22. The second kappa shape index (κ2) is 5.14. The standard InChI is InChI=1S/C21H28O3/c1-12(22)16-6-7-17-15-5-4-13-10-14(23)11-19(24)21(13,3)18(15)8-9-20(16,17)2/h5,10,16-19,24H,4,6-9,11H2,1-3H3/t16-,17+,18+,19?,20-,21+/m1/s1. The minimum atomic E-state index is -0.576. The molecule has 4 rings (SSSR count). The van der Waals surface area contributed by atoms with Crippen molar-refractivity contribution in [1.82, 2.24) is 0 Å². The molecule has 0 spiro atoms. The Morgan fingerprint density at radius 1 is 1.21 bits per heavy atom. The lowest BCUT2D eigenvalue weighted by Crippen LogP contribution is -2.51. The number of carbonyl (C=O) groups is 2. The zero-order valence-electron chi connectivity index (χ0n) is 15.0. The minimum absolute atomic E-state index is 0.0602. The maximum absolute atomic E-state index is 12.1. The maximum atomic E-state index is 12.1. The van der Waals surface area contributed by atoms with E-state index in [4.69, 9.17) is 0 Å². The molecule has 0 heterocycles. The van der Waals surface area contributed by atoms with Crippen molar-refractivity contribution in [3.8, 4) is 0 Å². The third-order valence-corrected chi connectivity index (χ3v) is 8.00. The Morgan fingerprint density at radius 3 is 2.67 bits per heavy atom. The van der Waals surface area contributed by atoms with Gasteiger partial charge in [0.2, 0.25) is 0 Å². The average Bonchev–Trinajstić information content (AvgIpc) is 2.86. The van der Waals surface area contributed by atoms with Gasteiger partial charge in [-0.15, -0.1) is 0 Å². The third-order valence-electron chi connectivity index (χ3n) is 8.00. The molecule has 24 heavy (non-hydrogen) atoms. The van der Waals surface area contributed by atoms with Gasteiger partial charge in [0, 0.05) is 17.8 Å². The molecule has 6 atom stereocenters. The van der Waals surface area contributed by atoms with Gasteiger partial charge in [0.15, 0.2) is 5.78 Å². The Bertz CT molecular complexity index is 673. The van der Waals surface area contributed by atoms with Gasteiger partial charge in [-0.05, 0) is 62.4 Å². The van der Waals surface area contributed by atoms with Crippen LogP contribution in [-0.4, -0.2) is 22.8 Å². The van der Waals surface area contributed by atoms with Crippen LogP contribution in [0.3, 0.4) is 0 Å². The molecular weight excluding hydrogens is 300 g/mol. The summed E-state index contributed by atoms with van der Waals surface area (Å²) in [6.07, 6.45) is 8.73. The van der Waals surface area contributed by atoms with Gasteiger partial charge >= 0.3 is 0 Å². The summed E-state index contributed by atoms with van der Waals surface area (Å²) < 4.78 is 0. The lowest BCUT2D eigenvalue weighted by molar-refractivity contribution is -0.126. The SMILES string of the molecule is CC(=O)[C@H]1CC[C@H]2C3=CCC4=CC(=O)CC(O)[C@]4(C)[C@H]3CC[C@]12C. The molecule has 4 aliphatic carbocycles. The van der Waals surface area contributed by atoms with Crippen LogP contribution in [0, 0.1) is 28.6 Å². The molecule has 0 radical (unpaired) electrons. The van der Waals surface area contributed by atoms with Crippen molar-refractivity contribution in [2.24, 2.45) is 28.6 Å². The van der Waals surface area contributed by atoms with Crippen LogP contribution in [0.2, 0.25) is 0 Å². The van der Waals surface area contributed by atoms with E-state index in [-0.39, 0.29) is 29.0 Å². The molecular formula is C21H28O3. The summed E-state index contributed by atoms with van der Waals surface area (Å²) >= 11 is 0. The molecule has 0 amide bonds. The van der Waals surface area contributed by atoms with Gasteiger partial charge < -0.3 is 5.11 Å². The molecule has 2 saturated carbocycles. The molecule has 0 saturated heterocycles. The van der Waals surface area contributed by atoms with Crippen molar-refractivity contribution in [3.05, 3.63) is 23.3 Å². The summed E-state index contributed by atoms with van der Waals surface area (Å²) in [7, 11) is 0. The Kier molecular flexibility index (Phi) is 3.48. The number of aliphatic hydroxyl groups is 1. The molecule has 0 bridgehead atoms. The Hall–Kier alpha value is -1.22. The number of fused-ring (bicyclic) bond motifs is 5. The number of hydrogen-bond donors (Lipinski definition) is 1. The summed E-state index contributed by atoms with van der Waals surface area (Å²) in [5.41, 5.74) is 2.37. The maximum Gasteiger partial charge on any atom is 0.158 e. The van der Waals surface area contributed by atoms with E-state index >= 15 is 0 Å². The molecule has 0 aliphatic heterocycles. The highest BCUT2D eigenvalue weighted by Crippen LogP contribution is 2.65. The van der Waals surface area contributed by atoms with E-state index in [2.05, 4.69) is 19.9 Å². The first-order valence-electron chi connectivity index (χ1n) is 9.41. The Labute approximate surface area is 144 Å². The van der Waals surface area contributed by atoms with Gasteiger partial charge in [-0.2, -0.15) is 0 Å². The van der Waals surface area contributed by atoms with Gasteiger partial charge in [-0.3, -0.25) is 9.59 Å². The van der Waals surface area contributed by atoms with Crippen molar-refractivity contribution in [2.45, 2.75) is 65.4 Å². The fraction of sp³-hybridized carbons (Fsp3) is 0.714. The molecule has 4 aliphatic rings. The van der Waals surface area contributed by atoms with Crippen molar-refractivity contribution in [1.29, 1.82) is 0 Å². The van der Waals surface area contributed by atoms with Gasteiger partial charge in [0.25, 0.3) is 0 Å². The van der Waals surface area contributed by atoms with Crippen LogP contribution in [0.25, 0.3) is 0 Å². The van der Waals surface area contributed by atoms with Gasteiger partial charge in [0.05, 0.1) is 6.10 Å². The van der Waals surface area contributed by atoms with E-state index in [1.807, 2.05) is 0 Å². The van der Waals surface area contributed by atoms with Crippen LogP contribution in [0.4, 0.5) is 0 Å². The zero-order valence-corrected chi connectivity index (χ0v) is 15.0. The van der Waals surface area contributed by atoms with Crippen LogP contribution >= 0.6 is 0 Å². The van der Waals surface area contributed by atoms with E-state index in [9.17, 15) is 14.7 Å². The fourth-order valence-electron chi connectivity index (χ4n) is 6.58. The topological polar surface area (TPSA) is 54.4 Å². The van der Waals surface area contributed by atoms with E-state index in [0.29, 0.717) is 17.6 Å². The lowest BCUT2D eigenvalue weighted by Gasteiger charge is -2.55. The van der Waals surface area contributed by atoms with Gasteiger partial charge in [-0.1, -0.05) is 31.1 Å². The molecule has 1 unspecified atom stereocenters. The number of hydrogen-bond acceptors (Lipinski definition) is 3. The highest BCUT2D eigenvalue weighted by Gasteiger charge is 2.58. The van der Waals surface area contributed by atoms with Crippen LogP contribution < -0.4 is 0 Å². The summed E-state index contributed by atoms with van der Waals surface area (Å²) in [6, 6.07) is 0. The van der Waals surface area contributed by atoms with Crippen LogP contribution in [0.15, 0.2) is 23.3 Å². The molecule has 0 aromatic heterocycles. The first kappa shape index (κ1) is 16.3. The molecule has 2 fully saturated rings. The molecule has 0 aromatic carbocycles. The van der Waals surface area contributed by atoms with Crippen LogP contribution in [0.1, 0.15) is 59.3 Å². The quantitative estimate of drug-likeness (QED) is 0.748. The lowest BCUT2D eigenvalue weighted by atomic mass is 9.49. The van der Waals surface area contributed by atoms with Crippen molar-refractivity contribution in [2.75, 3.05) is 0 Å². The predicted octanol–water partition coefficient (Wildman–Crippen LogP) is 3.61. The number of ketones is 2. The van der Waals surface area contributed by atoms with Gasteiger partial charge in [-0.25, -0.2) is 0 Å². The number of allylic oxidation sites excluding steroid dienone is 3. The smallest absolute Gasteiger partial charge is 0.158 e. The van der Waals surface area contributed by atoms with Gasteiger partial charge in [0.1, 0.15) is 5.78 Å². The minimum Gasteiger partial charge on any atom is -0.392 e. The second-order valence-electron chi connectivity index (χ2n) is 8.94. The number of carbonyl (C=O) groups excluding carboxylic acids is 2. The number of rotatable bonds is 1. The van der Waals surface area contributed by atoms with Crippen molar-refractivity contribution < 1.29 is 14.7 Å². The monoisotopic (exact) mass is 328 g/mol. The normalized spacial score (nSPS) is 47.2. The molecule has 3 nitrogen and oxygen atoms in total. The van der Waals surface area contributed by atoms with E-state index in [0.717, 1.165) is 37.7 Å². The summed E-state index contributed by atoms with van der Waals surface area (Å²) in [5.74, 6) is 1.37. The van der Waals surface area contributed by atoms with Crippen molar-refractivity contribution in [3.63, 3.8) is 0 Å². The molecule has 0 aromatic rings. The predicted molar refractivity (Wildman–Crippen MR) is 92.2 cm³/mol. The van der Waals surface area contributed by atoms with Crippen LogP contribution in [0.5, 0.6) is 0 Å². The summed E-state index contributed by atoms with van der Waals surface area (Å²) in [4.78, 5) is 24.0. The first-order valence-corrected chi connectivity index (χ1v) is 9.41. The molecule has 3 heteroatoms.